The molecule has 18 heavy (non-hydrogen) atoms. The van der Waals surface area contributed by atoms with Crippen LogP contribution in [-0.4, -0.2) is 4.98 Å². The maximum absolute atomic E-state index is 6.00. The topological polar surface area (TPSA) is 38.9 Å². The summed E-state index contributed by atoms with van der Waals surface area (Å²) in [6.07, 6.45) is 2.42. The van der Waals surface area contributed by atoms with Crippen LogP contribution in [0.25, 0.3) is 0 Å². The molecule has 2 nitrogen and oxygen atoms in total. The number of hydrogen-bond donors (Lipinski definition) is 1. The van der Waals surface area contributed by atoms with Gasteiger partial charge in [-0.15, -0.1) is 11.3 Å². The average Bonchev–Trinajstić information content (AvgIpc) is 3.08. The van der Waals surface area contributed by atoms with Crippen LogP contribution >= 0.6 is 11.3 Å². The second-order valence-corrected chi connectivity index (χ2v) is 6.24. The SMILES string of the molecule is Cc1nc(C2(c3ccccc3)CC2)sc1C(C)N. The molecule has 2 N–H and O–H groups in total. The Labute approximate surface area is 112 Å². The van der Waals surface area contributed by atoms with Gasteiger partial charge in [-0.3, -0.25) is 0 Å². The van der Waals surface area contributed by atoms with Gasteiger partial charge in [0, 0.05) is 16.3 Å². The Bertz CT molecular complexity index is 553. The zero-order chi connectivity index (χ0) is 12.8. The second kappa shape index (κ2) is 4.18. The van der Waals surface area contributed by atoms with E-state index in [1.807, 2.05) is 6.92 Å². The normalized spacial score (nSPS) is 18.6. The summed E-state index contributed by atoms with van der Waals surface area (Å²) in [5, 5.41) is 1.25. The van der Waals surface area contributed by atoms with Crippen molar-refractivity contribution in [1.29, 1.82) is 0 Å². The Morgan fingerprint density at radius 3 is 2.44 bits per heavy atom. The van der Waals surface area contributed by atoms with Crippen LogP contribution in [-0.2, 0) is 5.41 Å². The molecular formula is C15H18N2S. The molecule has 0 spiro atoms. The van der Waals surface area contributed by atoms with Crippen LogP contribution in [0.5, 0.6) is 0 Å². The number of thiazole rings is 1. The maximum Gasteiger partial charge on any atom is 0.104 e. The molecule has 1 saturated carbocycles. The molecule has 1 unspecified atom stereocenters. The highest BCUT2D eigenvalue weighted by Gasteiger charge is 2.48. The molecule has 1 aromatic heterocycles. The predicted molar refractivity (Wildman–Crippen MR) is 75.9 cm³/mol. The van der Waals surface area contributed by atoms with E-state index in [1.165, 1.54) is 28.3 Å². The number of hydrogen-bond acceptors (Lipinski definition) is 3. The van der Waals surface area contributed by atoms with Gasteiger partial charge in [-0.05, 0) is 32.3 Å². The Morgan fingerprint density at radius 2 is 1.94 bits per heavy atom. The molecule has 1 aliphatic carbocycles. The lowest BCUT2D eigenvalue weighted by molar-refractivity contribution is 0.812. The highest BCUT2D eigenvalue weighted by atomic mass is 32.1. The van der Waals surface area contributed by atoms with E-state index in [0.717, 1.165) is 5.69 Å². The second-order valence-electron chi connectivity index (χ2n) is 5.21. The van der Waals surface area contributed by atoms with Crippen molar-refractivity contribution in [2.24, 2.45) is 5.73 Å². The van der Waals surface area contributed by atoms with Crippen molar-refractivity contribution in [3.05, 3.63) is 51.5 Å². The van der Waals surface area contributed by atoms with E-state index in [0.29, 0.717) is 0 Å². The smallest absolute Gasteiger partial charge is 0.104 e. The highest BCUT2D eigenvalue weighted by Crippen LogP contribution is 2.54. The summed E-state index contributed by atoms with van der Waals surface area (Å²) < 4.78 is 0. The predicted octanol–water partition coefficient (Wildman–Crippen LogP) is 3.55. The van der Waals surface area contributed by atoms with Crippen LogP contribution in [0.1, 0.15) is 46.9 Å². The molecule has 0 radical (unpaired) electrons. The van der Waals surface area contributed by atoms with Crippen LogP contribution in [0.15, 0.2) is 30.3 Å². The summed E-state index contributed by atoms with van der Waals surface area (Å²) in [6.45, 7) is 4.10. The number of nitrogens with zero attached hydrogens (tertiary/aromatic N) is 1. The fourth-order valence-corrected chi connectivity index (χ4v) is 3.83. The first kappa shape index (κ1) is 11.9. The molecule has 3 heteroatoms. The molecule has 2 aromatic rings. The van der Waals surface area contributed by atoms with Gasteiger partial charge in [0.1, 0.15) is 5.01 Å². The molecule has 1 fully saturated rings. The third-order valence-corrected chi connectivity index (χ3v) is 5.29. The summed E-state index contributed by atoms with van der Waals surface area (Å²) in [4.78, 5) is 6.01. The first-order valence-electron chi connectivity index (χ1n) is 6.42. The lowest BCUT2D eigenvalue weighted by Gasteiger charge is -2.12. The largest absolute Gasteiger partial charge is 0.323 e. The molecule has 0 amide bonds. The minimum Gasteiger partial charge on any atom is -0.323 e. The summed E-state index contributed by atoms with van der Waals surface area (Å²) in [7, 11) is 0. The summed E-state index contributed by atoms with van der Waals surface area (Å²) >= 11 is 1.80. The standard InChI is InChI=1S/C15H18N2S/c1-10(16)13-11(2)17-14(18-13)15(8-9-15)12-6-4-3-5-7-12/h3-7,10H,8-9,16H2,1-2H3. The van der Waals surface area contributed by atoms with E-state index in [1.54, 1.807) is 11.3 Å². The van der Waals surface area contributed by atoms with Gasteiger partial charge in [-0.25, -0.2) is 4.98 Å². The quantitative estimate of drug-likeness (QED) is 0.914. The van der Waals surface area contributed by atoms with Gasteiger partial charge in [0.15, 0.2) is 0 Å². The van der Waals surface area contributed by atoms with Crippen molar-refractivity contribution < 1.29 is 0 Å². The minimum absolute atomic E-state index is 0.0859. The Balaban J connectivity index is 2.03. The Morgan fingerprint density at radius 1 is 1.28 bits per heavy atom. The van der Waals surface area contributed by atoms with Crippen molar-refractivity contribution in [2.45, 2.75) is 38.1 Å². The van der Waals surface area contributed by atoms with Crippen molar-refractivity contribution in [1.82, 2.24) is 4.98 Å². The Hall–Kier alpha value is -1.19. The van der Waals surface area contributed by atoms with Crippen LogP contribution in [0.2, 0.25) is 0 Å². The third kappa shape index (κ3) is 1.78. The highest BCUT2D eigenvalue weighted by molar-refractivity contribution is 7.12. The minimum atomic E-state index is 0.0859. The first-order valence-corrected chi connectivity index (χ1v) is 7.24. The molecule has 0 aliphatic heterocycles. The van der Waals surface area contributed by atoms with Gasteiger partial charge in [0.25, 0.3) is 0 Å². The van der Waals surface area contributed by atoms with Gasteiger partial charge in [0.05, 0.1) is 5.69 Å². The lowest BCUT2D eigenvalue weighted by atomic mass is 9.97. The number of nitrogens with two attached hydrogens (primary N) is 1. The van der Waals surface area contributed by atoms with Gasteiger partial charge in [-0.2, -0.15) is 0 Å². The third-order valence-electron chi connectivity index (χ3n) is 3.73. The molecular weight excluding hydrogens is 240 g/mol. The molecule has 1 aromatic carbocycles. The lowest BCUT2D eigenvalue weighted by Crippen LogP contribution is -2.07. The molecule has 1 heterocycles. The first-order chi connectivity index (χ1) is 8.63. The van der Waals surface area contributed by atoms with Crippen molar-refractivity contribution >= 4 is 11.3 Å². The maximum atomic E-state index is 6.00. The van der Waals surface area contributed by atoms with Crippen molar-refractivity contribution in [2.75, 3.05) is 0 Å². The molecule has 3 rings (SSSR count). The van der Waals surface area contributed by atoms with Crippen LogP contribution < -0.4 is 5.73 Å². The number of aromatic nitrogens is 1. The van der Waals surface area contributed by atoms with Gasteiger partial charge in [0.2, 0.25) is 0 Å². The van der Waals surface area contributed by atoms with Gasteiger partial charge >= 0.3 is 0 Å². The zero-order valence-corrected chi connectivity index (χ0v) is 11.6. The van der Waals surface area contributed by atoms with Gasteiger partial charge in [-0.1, -0.05) is 30.3 Å². The van der Waals surface area contributed by atoms with Crippen LogP contribution in [0.3, 0.4) is 0 Å². The van der Waals surface area contributed by atoms with Crippen molar-refractivity contribution in [3.8, 4) is 0 Å². The summed E-state index contributed by atoms with van der Waals surface area (Å²) in [5.74, 6) is 0. The Kier molecular flexibility index (Phi) is 2.76. The average molecular weight is 258 g/mol. The molecule has 0 saturated heterocycles. The monoisotopic (exact) mass is 258 g/mol. The van der Waals surface area contributed by atoms with E-state index in [-0.39, 0.29) is 11.5 Å². The summed E-state index contributed by atoms with van der Waals surface area (Å²) in [5.41, 5.74) is 8.69. The number of benzene rings is 1. The van der Waals surface area contributed by atoms with E-state index >= 15 is 0 Å². The molecule has 1 aliphatic rings. The number of rotatable bonds is 3. The zero-order valence-electron chi connectivity index (χ0n) is 10.8. The van der Waals surface area contributed by atoms with Crippen molar-refractivity contribution in [3.63, 3.8) is 0 Å². The van der Waals surface area contributed by atoms with E-state index in [4.69, 9.17) is 10.7 Å². The summed E-state index contributed by atoms with van der Waals surface area (Å²) in [6, 6.07) is 10.8. The van der Waals surface area contributed by atoms with E-state index < -0.39 is 0 Å². The molecule has 94 valence electrons. The molecule has 0 bridgehead atoms. The fraction of sp³-hybridized carbons (Fsp3) is 0.400. The van der Waals surface area contributed by atoms with E-state index in [2.05, 4.69) is 37.3 Å². The van der Waals surface area contributed by atoms with E-state index in [9.17, 15) is 0 Å². The number of aryl methyl sites for hydroxylation is 1. The van der Waals surface area contributed by atoms with Crippen LogP contribution in [0, 0.1) is 6.92 Å². The van der Waals surface area contributed by atoms with Gasteiger partial charge < -0.3 is 5.73 Å². The molecule has 1 atom stereocenters. The van der Waals surface area contributed by atoms with Crippen LogP contribution in [0.4, 0.5) is 0 Å². The fourth-order valence-electron chi connectivity index (χ4n) is 2.54.